The normalized spacial score (nSPS) is 14.0. The van der Waals surface area contributed by atoms with Crippen molar-refractivity contribution >= 4 is 39.3 Å². The van der Waals surface area contributed by atoms with Crippen LogP contribution in [-0.2, 0) is 11.0 Å². The summed E-state index contributed by atoms with van der Waals surface area (Å²) in [6.07, 6.45) is -4.50. The number of hydrogen-bond acceptors (Lipinski definition) is 3. The molecule has 1 atom stereocenters. The molecule has 134 valence electrons. The Balaban J connectivity index is 2.02. The minimum Gasteiger partial charge on any atom is -0.379 e. The van der Waals surface area contributed by atoms with Crippen LogP contribution in [0.5, 0.6) is 0 Å². The molecule has 0 heterocycles. The molecule has 2 aromatic rings. The lowest BCUT2D eigenvalue weighted by molar-refractivity contribution is -0.137. The zero-order valence-electron chi connectivity index (χ0n) is 13.1. The molecule has 2 rings (SSSR count). The van der Waals surface area contributed by atoms with E-state index in [0.717, 1.165) is 21.5 Å². The summed E-state index contributed by atoms with van der Waals surface area (Å²) in [7, 11) is 0. The van der Waals surface area contributed by atoms with Crippen molar-refractivity contribution in [3.63, 3.8) is 0 Å². The standard InChI is InChI=1S/C17H15BrF3NO2S/c1-16(24,10-25-14-7-5-12(18)6-8-14)15(23)22-13-4-2-3-11(9-13)17(19,20)21/h2-9,24H,10H2,1H3,(H,22,23). The highest BCUT2D eigenvalue weighted by Crippen LogP contribution is 2.31. The van der Waals surface area contributed by atoms with E-state index in [2.05, 4.69) is 21.2 Å². The number of nitrogens with one attached hydrogen (secondary N) is 1. The summed E-state index contributed by atoms with van der Waals surface area (Å²) in [5.74, 6) is -0.712. The van der Waals surface area contributed by atoms with Gasteiger partial charge in [0.05, 0.1) is 5.56 Å². The van der Waals surface area contributed by atoms with Gasteiger partial charge in [0.1, 0.15) is 5.60 Å². The number of hydrogen-bond donors (Lipinski definition) is 2. The Kier molecular flexibility index (Phi) is 6.18. The molecule has 0 fully saturated rings. The average molecular weight is 434 g/mol. The number of rotatable bonds is 5. The quantitative estimate of drug-likeness (QED) is 0.655. The number of anilines is 1. The molecule has 0 radical (unpaired) electrons. The van der Waals surface area contributed by atoms with E-state index < -0.39 is 23.2 Å². The first-order valence-electron chi connectivity index (χ1n) is 7.17. The SMILES string of the molecule is CC(O)(CSc1ccc(Br)cc1)C(=O)Nc1cccc(C(F)(F)F)c1. The first-order chi connectivity index (χ1) is 11.6. The monoisotopic (exact) mass is 433 g/mol. The molecule has 0 spiro atoms. The van der Waals surface area contributed by atoms with Gasteiger partial charge in [0.25, 0.3) is 5.91 Å². The fourth-order valence-electron chi connectivity index (χ4n) is 1.86. The third-order valence-electron chi connectivity index (χ3n) is 3.27. The molecule has 0 aliphatic rings. The zero-order valence-corrected chi connectivity index (χ0v) is 15.5. The van der Waals surface area contributed by atoms with Crippen LogP contribution >= 0.6 is 27.7 Å². The molecule has 25 heavy (non-hydrogen) atoms. The first kappa shape index (κ1) is 19.8. The molecule has 8 heteroatoms. The number of halogens is 4. The Labute approximate surface area is 155 Å². The molecule has 2 aromatic carbocycles. The second kappa shape index (κ2) is 7.80. The van der Waals surface area contributed by atoms with Crippen molar-refractivity contribution in [2.45, 2.75) is 23.6 Å². The van der Waals surface area contributed by atoms with Crippen LogP contribution in [0, 0.1) is 0 Å². The van der Waals surface area contributed by atoms with Crippen LogP contribution in [0.2, 0.25) is 0 Å². The maximum atomic E-state index is 12.7. The fraction of sp³-hybridized carbons (Fsp3) is 0.235. The van der Waals surface area contributed by atoms with Crippen molar-refractivity contribution in [3.05, 3.63) is 58.6 Å². The minimum absolute atomic E-state index is 0.0197. The van der Waals surface area contributed by atoms with Gasteiger partial charge in [-0.15, -0.1) is 11.8 Å². The van der Waals surface area contributed by atoms with Gasteiger partial charge in [-0.05, 0) is 49.4 Å². The Morgan fingerprint density at radius 3 is 2.44 bits per heavy atom. The number of amides is 1. The van der Waals surface area contributed by atoms with Crippen molar-refractivity contribution in [1.29, 1.82) is 0 Å². The van der Waals surface area contributed by atoms with Gasteiger partial charge in [-0.25, -0.2) is 0 Å². The molecule has 0 saturated heterocycles. The predicted octanol–water partition coefficient (Wildman–Crippen LogP) is 4.95. The van der Waals surface area contributed by atoms with Gasteiger partial charge in [-0.2, -0.15) is 13.2 Å². The van der Waals surface area contributed by atoms with E-state index in [1.807, 2.05) is 24.3 Å². The summed E-state index contributed by atoms with van der Waals surface area (Å²) in [4.78, 5) is 13.1. The van der Waals surface area contributed by atoms with Crippen molar-refractivity contribution in [1.82, 2.24) is 0 Å². The van der Waals surface area contributed by atoms with E-state index in [-0.39, 0.29) is 11.4 Å². The lowest BCUT2D eigenvalue weighted by atomic mass is 10.1. The smallest absolute Gasteiger partial charge is 0.379 e. The lowest BCUT2D eigenvalue weighted by Gasteiger charge is -2.22. The first-order valence-corrected chi connectivity index (χ1v) is 8.95. The van der Waals surface area contributed by atoms with Crippen LogP contribution in [0.15, 0.2) is 57.9 Å². The van der Waals surface area contributed by atoms with Crippen molar-refractivity contribution in [2.24, 2.45) is 0 Å². The summed E-state index contributed by atoms with van der Waals surface area (Å²) in [5, 5.41) is 12.7. The molecular formula is C17H15BrF3NO2S. The third-order valence-corrected chi connectivity index (χ3v) is 5.11. The van der Waals surface area contributed by atoms with Crippen molar-refractivity contribution in [3.8, 4) is 0 Å². The maximum Gasteiger partial charge on any atom is 0.416 e. The van der Waals surface area contributed by atoms with E-state index in [1.54, 1.807) is 0 Å². The second-order valence-electron chi connectivity index (χ2n) is 5.55. The fourth-order valence-corrected chi connectivity index (χ4v) is 3.03. The van der Waals surface area contributed by atoms with Crippen LogP contribution in [0.4, 0.5) is 18.9 Å². The summed E-state index contributed by atoms with van der Waals surface area (Å²) < 4.78 is 39.0. The predicted molar refractivity (Wildman–Crippen MR) is 95.6 cm³/mol. The van der Waals surface area contributed by atoms with E-state index in [9.17, 15) is 23.1 Å². The molecular weight excluding hydrogens is 419 g/mol. The number of thioether (sulfide) groups is 1. The number of benzene rings is 2. The number of carbonyl (C=O) groups is 1. The largest absolute Gasteiger partial charge is 0.416 e. The average Bonchev–Trinajstić information content (AvgIpc) is 2.54. The van der Waals surface area contributed by atoms with Gasteiger partial charge in [-0.1, -0.05) is 22.0 Å². The molecule has 2 N–H and O–H groups in total. The van der Waals surface area contributed by atoms with Gasteiger partial charge >= 0.3 is 6.18 Å². The molecule has 0 aliphatic heterocycles. The van der Waals surface area contributed by atoms with Crippen LogP contribution in [0.1, 0.15) is 12.5 Å². The van der Waals surface area contributed by atoms with E-state index >= 15 is 0 Å². The third kappa shape index (κ3) is 5.76. The zero-order chi connectivity index (χ0) is 18.7. The molecule has 0 aromatic heterocycles. The second-order valence-corrected chi connectivity index (χ2v) is 7.51. The molecule has 3 nitrogen and oxygen atoms in total. The highest BCUT2D eigenvalue weighted by Gasteiger charge is 2.32. The van der Waals surface area contributed by atoms with Gasteiger partial charge < -0.3 is 10.4 Å². The Bertz CT molecular complexity index is 748. The van der Waals surface area contributed by atoms with Crippen LogP contribution < -0.4 is 5.32 Å². The Morgan fingerprint density at radius 1 is 1.20 bits per heavy atom. The van der Waals surface area contributed by atoms with Gasteiger partial charge in [0, 0.05) is 20.8 Å². The van der Waals surface area contributed by atoms with Crippen LogP contribution in [-0.4, -0.2) is 22.4 Å². The van der Waals surface area contributed by atoms with E-state index in [4.69, 9.17) is 0 Å². The van der Waals surface area contributed by atoms with E-state index in [1.165, 1.54) is 30.8 Å². The summed E-state index contributed by atoms with van der Waals surface area (Å²) in [6.45, 7) is 1.32. The molecule has 1 amide bonds. The van der Waals surface area contributed by atoms with Gasteiger partial charge in [0.15, 0.2) is 0 Å². The summed E-state index contributed by atoms with van der Waals surface area (Å²) in [5.41, 5.74) is -2.63. The molecule has 0 saturated carbocycles. The highest BCUT2D eigenvalue weighted by molar-refractivity contribution is 9.10. The van der Waals surface area contributed by atoms with Crippen LogP contribution in [0.3, 0.4) is 0 Å². The number of aliphatic hydroxyl groups is 1. The van der Waals surface area contributed by atoms with Crippen LogP contribution in [0.25, 0.3) is 0 Å². The maximum absolute atomic E-state index is 12.7. The van der Waals surface area contributed by atoms with Crippen molar-refractivity contribution in [2.75, 3.05) is 11.1 Å². The number of carbonyl (C=O) groups excluding carboxylic acids is 1. The molecule has 1 unspecified atom stereocenters. The van der Waals surface area contributed by atoms with Gasteiger partial charge in [0.2, 0.25) is 0 Å². The highest BCUT2D eigenvalue weighted by atomic mass is 79.9. The summed E-state index contributed by atoms with van der Waals surface area (Å²) in [6, 6.07) is 11.6. The van der Waals surface area contributed by atoms with Crippen molar-refractivity contribution < 1.29 is 23.1 Å². The van der Waals surface area contributed by atoms with Gasteiger partial charge in [-0.3, -0.25) is 4.79 Å². The Morgan fingerprint density at radius 2 is 1.84 bits per heavy atom. The molecule has 0 aliphatic carbocycles. The van der Waals surface area contributed by atoms with E-state index in [0.29, 0.717) is 0 Å². The minimum atomic E-state index is -4.50. The molecule has 0 bridgehead atoms. The summed E-state index contributed by atoms with van der Waals surface area (Å²) >= 11 is 4.58. The lowest BCUT2D eigenvalue weighted by Crippen LogP contribution is -2.42. The Hall–Kier alpha value is -1.51. The number of alkyl halides is 3. The topological polar surface area (TPSA) is 49.3 Å².